The molecule has 5 heteroatoms. The molecule has 2 heterocycles. The number of hydrogen-bond donors (Lipinski definition) is 2. The third kappa shape index (κ3) is 4.21. The van der Waals surface area contributed by atoms with Crippen LogP contribution in [0.2, 0.25) is 0 Å². The van der Waals surface area contributed by atoms with E-state index in [9.17, 15) is 0 Å². The number of rotatable bonds is 5. The smallest absolute Gasteiger partial charge is 0.135 e. The molecule has 25 heavy (non-hydrogen) atoms. The Balaban J connectivity index is 1.39. The quantitative estimate of drug-likeness (QED) is 0.837. The van der Waals surface area contributed by atoms with E-state index in [0.29, 0.717) is 6.04 Å². The average molecular weight is 337 g/mol. The van der Waals surface area contributed by atoms with Crippen LogP contribution in [0.5, 0.6) is 0 Å². The molecule has 0 amide bonds. The lowest BCUT2D eigenvalue weighted by Crippen LogP contribution is -2.29. The summed E-state index contributed by atoms with van der Waals surface area (Å²) in [7, 11) is 0. The van der Waals surface area contributed by atoms with Crippen LogP contribution in [0.15, 0.2) is 36.7 Å². The fourth-order valence-electron chi connectivity index (χ4n) is 3.84. The van der Waals surface area contributed by atoms with Gasteiger partial charge in [-0.2, -0.15) is 0 Å². The summed E-state index contributed by atoms with van der Waals surface area (Å²) in [6.07, 6.45) is 10.7. The fraction of sp³-hybridized carbons (Fsp3) is 0.500. The molecule has 132 valence electrons. The minimum atomic E-state index is 0.562. The molecule has 1 saturated carbocycles. The van der Waals surface area contributed by atoms with Crippen LogP contribution in [0, 0.1) is 0 Å². The first-order chi connectivity index (χ1) is 12.4. The third-order valence-corrected chi connectivity index (χ3v) is 5.24. The molecule has 0 spiro atoms. The zero-order valence-electron chi connectivity index (χ0n) is 14.7. The first kappa shape index (κ1) is 16.2. The molecule has 1 aromatic heterocycles. The van der Waals surface area contributed by atoms with E-state index in [1.54, 1.807) is 6.33 Å². The van der Waals surface area contributed by atoms with E-state index < -0.39 is 0 Å². The van der Waals surface area contributed by atoms with E-state index in [-0.39, 0.29) is 0 Å². The standard InChI is InChI=1S/C20H27N5/c1-4-12-25(13-5-1)18-10-8-17(9-11-18)24-20-14-19(21-15-22-20)23-16-6-2-3-7-16/h8-11,14-16H,1-7,12-13H2,(H2,21,22,23,24). The predicted molar refractivity (Wildman–Crippen MR) is 104 cm³/mol. The van der Waals surface area contributed by atoms with Gasteiger partial charge in [-0.3, -0.25) is 0 Å². The molecule has 2 aromatic rings. The maximum Gasteiger partial charge on any atom is 0.135 e. The largest absolute Gasteiger partial charge is 0.372 e. The fourth-order valence-corrected chi connectivity index (χ4v) is 3.84. The zero-order valence-corrected chi connectivity index (χ0v) is 14.7. The monoisotopic (exact) mass is 337 g/mol. The second-order valence-electron chi connectivity index (χ2n) is 7.13. The Morgan fingerprint density at radius 2 is 1.56 bits per heavy atom. The molecule has 5 nitrogen and oxygen atoms in total. The number of anilines is 4. The van der Waals surface area contributed by atoms with Gasteiger partial charge in [-0.25, -0.2) is 9.97 Å². The number of aromatic nitrogens is 2. The van der Waals surface area contributed by atoms with Crippen LogP contribution in [-0.2, 0) is 0 Å². The molecule has 2 N–H and O–H groups in total. The van der Waals surface area contributed by atoms with Crippen molar-refractivity contribution in [3.63, 3.8) is 0 Å². The maximum atomic E-state index is 4.35. The predicted octanol–water partition coefficient (Wildman–Crippen LogP) is 4.57. The van der Waals surface area contributed by atoms with Crippen molar-refractivity contribution in [2.45, 2.75) is 51.0 Å². The SMILES string of the molecule is c1nc(Nc2ccc(N3CCCCC3)cc2)cc(NC2CCCC2)n1. The Morgan fingerprint density at radius 3 is 2.32 bits per heavy atom. The number of nitrogens with zero attached hydrogens (tertiary/aromatic N) is 3. The number of benzene rings is 1. The van der Waals surface area contributed by atoms with Crippen molar-refractivity contribution in [1.82, 2.24) is 9.97 Å². The zero-order chi connectivity index (χ0) is 16.9. The summed E-state index contributed by atoms with van der Waals surface area (Å²) in [5.41, 5.74) is 2.38. The average Bonchev–Trinajstić information content (AvgIpc) is 3.16. The first-order valence-corrected chi connectivity index (χ1v) is 9.57. The lowest BCUT2D eigenvalue weighted by Gasteiger charge is -2.28. The van der Waals surface area contributed by atoms with Crippen LogP contribution in [0.3, 0.4) is 0 Å². The van der Waals surface area contributed by atoms with Crippen molar-refractivity contribution in [2.75, 3.05) is 28.6 Å². The maximum absolute atomic E-state index is 4.35. The van der Waals surface area contributed by atoms with Crippen LogP contribution in [0.25, 0.3) is 0 Å². The molecule has 2 aliphatic rings. The minimum absolute atomic E-state index is 0.562. The van der Waals surface area contributed by atoms with Gasteiger partial charge in [0.25, 0.3) is 0 Å². The minimum Gasteiger partial charge on any atom is -0.372 e. The highest BCUT2D eigenvalue weighted by atomic mass is 15.1. The highest BCUT2D eigenvalue weighted by molar-refractivity contribution is 5.62. The van der Waals surface area contributed by atoms with Crippen molar-refractivity contribution >= 4 is 23.0 Å². The third-order valence-electron chi connectivity index (χ3n) is 5.24. The van der Waals surface area contributed by atoms with Crippen LogP contribution in [-0.4, -0.2) is 29.1 Å². The second kappa shape index (κ2) is 7.72. The molecule has 0 bridgehead atoms. The molecule has 0 radical (unpaired) electrons. The molecule has 4 rings (SSSR count). The Bertz CT molecular complexity index is 673. The van der Waals surface area contributed by atoms with Gasteiger partial charge in [0.1, 0.15) is 18.0 Å². The normalized spacial score (nSPS) is 18.3. The van der Waals surface area contributed by atoms with E-state index in [1.165, 1.54) is 63.7 Å². The topological polar surface area (TPSA) is 53.1 Å². The van der Waals surface area contributed by atoms with Gasteiger partial charge < -0.3 is 15.5 Å². The Morgan fingerprint density at radius 1 is 0.840 bits per heavy atom. The van der Waals surface area contributed by atoms with E-state index >= 15 is 0 Å². The summed E-state index contributed by atoms with van der Waals surface area (Å²) < 4.78 is 0. The van der Waals surface area contributed by atoms with Gasteiger partial charge in [-0.05, 0) is 56.4 Å². The number of nitrogens with one attached hydrogen (secondary N) is 2. The highest BCUT2D eigenvalue weighted by Gasteiger charge is 2.15. The van der Waals surface area contributed by atoms with Crippen molar-refractivity contribution in [2.24, 2.45) is 0 Å². The van der Waals surface area contributed by atoms with Crippen LogP contribution in [0.4, 0.5) is 23.0 Å². The molecular formula is C20H27N5. The molecule has 0 atom stereocenters. The van der Waals surface area contributed by atoms with Crippen LogP contribution >= 0.6 is 0 Å². The first-order valence-electron chi connectivity index (χ1n) is 9.57. The van der Waals surface area contributed by atoms with Gasteiger partial charge in [0, 0.05) is 36.6 Å². The van der Waals surface area contributed by atoms with E-state index in [1.807, 2.05) is 6.07 Å². The molecule has 1 aromatic carbocycles. The van der Waals surface area contributed by atoms with Crippen molar-refractivity contribution < 1.29 is 0 Å². The van der Waals surface area contributed by atoms with E-state index in [0.717, 1.165) is 17.3 Å². The molecule has 0 unspecified atom stereocenters. The summed E-state index contributed by atoms with van der Waals surface area (Å²) >= 11 is 0. The summed E-state index contributed by atoms with van der Waals surface area (Å²) in [5, 5.41) is 6.91. The number of piperidine rings is 1. The van der Waals surface area contributed by atoms with Crippen LogP contribution < -0.4 is 15.5 Å². The molecule has 2 fully saturated rings. The van der Waals surface area contributed by atoms with Crippen molar-refractivity contribution in [3.05, 3.63) is 36.7 Å². The molecule has 1 saturated heterocycles. The second-order valence-corrected chi connectivity index (χ2v) is 7.13. The van der Waals surface area contributed by atoms with E-state index in [2.05, 4.69) is 49.8 Å². The lowest BCUT2D eigenvalue weighted by atomic mass is 10.1. The summed E-state index contributed by atoms with van der Waals surface area (Å²) in [4.78, 5) is 11.2. The molecule has 1 aliphatic carbocycles. The van der Waals surface area contributed by atoms with Gasteiger partial charge in [0.05, 0.1) is 0 Å². The summed E-state index contributed by atoms with van der Waals surface area (Å²) in [6.45, 7) is 2.35. The van der Waals surface area contributed by atoms with Gasteiger partial charge >= 0.3 is 0 Å². The summed E-state index contributed by atoms with van der Waals surface area (Å²) in [6, 6.07) is 11.2. The van der Waals surface area contributed by atoms with Crippen LogP contribution in [0.1, 0.15) is 44.9 Å². The Kier molecular flexibility index (Phi) is 5.00. The number of hydrogen-bond acceptors (Lipinski definition) is 5. The van der Waals surface area contributed by atoms with Gasteiger partial charge in [-0.1, -0.05) is 12.8 Å². The van der Waals surface area contributed by atoms with Crippen molar-refractivity contribution in [3.8, 4) is 0 Å². The van der Waals surface area contributed by atoms with E-state index in [4.69, 9.17) is 0 Å². The summed E-state index contributed by atoms with van der Waals surface area (Å²) in [5.74, 6) is 1.75. The van der Waals surface area contributed by atoms with Gasteiger partial charge in [0.15, 0.2) is 0 Å². The highest BCUT2D eigenvalue weighted by Crippen LogP contribution is 2.25. The Labute approximate surface area is 149 Å². The van der Waals surface area contributed by atoms with Crippen molar-refractivity contribution in [1.29, 1.82) is 0 Å². The lowest BCUT2D eigenvalue weighted by molar-refractivity contribution is 0.578. The van der Waals surface area contributed by atoms with Gasteiger partial charge in [0.2, 0.25) is 0 Å². The molecule has 1 aliphatic heterocycles. The van der Waals surface area contributed by atoms with Gasteiger partial charge in [-0.15, -0.1) is 0 Å². The Hall–Kier alpha value is -2.30. The molecular weight excluding hydrogens is 310 g/mol.